The number of aryl methyl sites for hydroxylation is 2. The Labute approximate surface area is 84.9 Å². The predicted molar refractivity (Wildman–Crippen MR) is 56.2 cm³/mol. The first-order valence-corrected chi connectivity index (χ1v) is 4.90. The van der Waals surface area contributed by atoms with Gasteiger partial charge >= 0.3 is 0 Å². The van der Waals surface area contributed by atoms with Crippen molar-refractivity contribution in [3.05, 3.63) is 29.1 Å². The van der Waals surface area contributed by atoms with Crippen molar-refractivity contribution in [1.82, 2.24) is 0 Å². The number of hydrogen-bond acceptors (Lipinski definition) is 1. The maximum atomic E-state index is 13.4. The fraction of sp³-hybridized carbons (Fsp3) is 0.500. The van der Waals surface area contributed by atoms with Crippen LogP contribution in [0, 0.1) is 25.6 Å². The van der Waals surface area contributed by atoms with Gasteiger partial charge < -0.3 is 4.74 Å². The summed E-state index contributed by atoms with van der Waals surface area (Å²) in [7, 11) is 0. The maximum Gasteiger partial charge on any atom is 0.165 e. The first-order chi connectivity index (χ1) is 6.50. The van der Waals surface area contributed by atoms with Crippen LogP contribution >= 0.6 is 0 Å². The van der Waals surface area contributed by atoms with Gasteiger partial charge in [-0.05, 0) is 43.0 Å². The molecule has 0 aliphatic rings. The van der Waals surface area contributed by atoms with E-state index in [1.54, 1.807) is 6.07 Å². The standard InChI is InChI=1S/C12H17FO/c1-8(2)7-14-12-6-10(4)9(3)5-11(12)13/h5-6,8H,7H2,1-4H3. The molecule has 0 unspecified atom stereocenters. The molecule has 1 rings (SSSR count). The average molecular weight is 196 g/mol. The predicted octanol–water partition coefficient (Wildman–Crippen LogP) is 3.48. The molecule has 0 bridgehead atoms. The van der Waals surface area contributed by atoms with E-state index in [-0.39, 0.29) is 5.82 Å². The molecule has 78 valence electrons. The number of benzene rings is 1. The second-order valence-corrected chi connectivity index (χ2v) is 4.07. The Morgan fingerprint density at radius 3 is 2.36 bits per heavy atom. The molecule has 2 heteroatoms. The minimum absolute atomic E-state index is 0.270. The van der Waals surface area contributed by atoms with Gasteiger partial charge in [0.1, 0.15) is 0 Å². The van der Waals surface area contributed by atoms with E-state index >= 15 is 0 Å². The van der Waals surface area contributed by atoms with Crippen molar-refractivity contribution in [2.24, 2.45) is 5.92 Å². The summed E-state index contributed by atoms with van der Waals surface area (Å²) in [4.78, 5) is 0. The van der Waals surface area contributed by atoms with Crippen LogP contribution < -0.4 is 4.74 Å². The monoisotopic (exact) mass is 196 g/mol. The van der Waals surface area contributed by atoms with Gasteiger partial charge in [-0.2, -0.15) is 0 Å². The summed E-state index contributed by atoms with van der Waals surface area (Å²) < 4.78 is 18.7. The number of halogens is 1. The van der Waals surface area contributed by atoms with Gasteiger partial charge in [-0.25, -0.2) is 4.39 Å². The van der Waals surface area contributed by atoms with Crippen LogP contribution in [-0.2, 0) is 0 Å². The van der Waals surface area contributed by atoms with E-state index in [2.05, 4.69) is 0 Å². The Kier molecular flexibility index (Phi) is 3.50. The van der Waals surface area contributed by atoms with E-state index in [1.807, 2.05) is 27.7 Å². The lowest BCUT2D eigenvalue weighted by atomic mass is 10.1. The molecule has 0 N–H and O–H groups in total. The first-order valence-electron chi connectivity index (χ1n) is 4.90. The molecule has 0 aromatic heterocycles. The molecule has 0 spiro atoms. The molecule has 0 aliphatic carbocycles. The molecule has 0 aliphatic heterocycles. The highest BCUT2D eigenvalue weighted by atomic mass is 19.1. The summed E-state index contributed by atoms with van der Waals surface area (Å²) in [5.74, 6) is 0.506. The summed E-state index contributed by atoms with van der Waals surface area (Å²) >= 11 is 0. The minimum atomic E-state index is -0.270. The lowest BCUT2D eigenvalue weighted by Gasteiger charge is -2.11. The van der Waals surface area contributed by atoms with E-state index in [4.69, 9.17) is 4.74 Å². The molecule has 0 fully saturated rings. The van der Waals surface area contributed by atoms with Crippen LogP contribution in [0.5, 0.6) is 5.75 Å². The Morgan fingerprint density at radius 1 is 1.21 bits per heavy atom. The highest BCUT2D eigenvalue weighted by molar-refractivity contribution is 5.35. The lowest BCUT2D eigenvalue weighted by Crippen LogP contribution is -2.06. The van der Waals surface area contributed by atoms with Gasteiger partial charge in [0.2, 0.25) is 0 Å². The summed E-state index contributed by atoms with van der Waals surface area (Å²) in [6.45, 7) is 8.49. The van der Waals surface area contributed by atoms with Gasteiger partial charge in [0.25, 0.3) is 0 Å². The van der Waals surface area contributed by atoms with Crippen LogP contribution in [-0.4, -0.2) is 6.61 Å². The van der Waals surface area contributed by atoms with E-state index < -0.39 is 0 Å². The van der Waals surface area contributed by atoms with E-state index in [1.165, 1.54) is 6.07 Å². The van der Waals surface area contributed by atoms with Gasteiger partial charge in [-0.1, -0.05) is 13.8 Å². The van der Waals surface area contributed by atoms with Crippen LogP contribution in [0.1, 0.15) is 25.0 Å². The third-order valence-corrected chi connectivity index (χ3v) is 2.12. The van der Waals surface area contributed by atoms with Gasteiger partial charge in [0.05, 0.1) is 6.61 Å². The normalized spacial score (nSPS) is 10.7. The Balaban J connectivity index is 2.82. The molecule has 0 saturated heterocycles. The van der Waals surface area contributed by atoms with E-state index in [0.717, 1.165) is 11.1 Å². The third kappa shape index (κ3) is 2.72. The van der Waals surface area contributed by atoms with Crippen LogP contribution in [0.15, 0.2) is 12.1 Å². The van der Waals surface area contributed by atoms with Crippen LogP contribution in [0.4, 0.5) is 4.39 Å². The second-order valence-electron chi connectivity index (χ2n) is 4.07. The maximum absolute atomic E-state index is 13.4. The summed E-state index contributed by atoms with van der Waals surface area (Å²) in [5, 5.41) is 0. The molecule has 1 aromatic carbocycles. The SMILES string of the molecule is Cc1cc(F)c(OCC(C)C)cc1C. The Morgan fingerprint density at radius 2 is 1.79 bits per heavy atom. The largest absolute Gasteiger partial charge is 0.490 e. The molecular formula is C12H17FO. The lowest BCUT2D eigenvalue weighted by molar-refractivity contribution is 0.259. The van der Waals surface area contributed by atoms with Crippen molar-refractivity contribution in [3.8, 4) is 5.75 Å². The smallest absolute Gasteiger partial charge is 0.165 e. The summed E-state index contributed by atoms with van der Waals surface area (Å²) in [6, 6.07) is 3.28. The number of ether oxygens (including phenoxy) is 1. The van der Waals surface area contributed by atoms with Gasteiger partial charge in [-0.3, -0.25) is 0 Å². The molecule has 1 nitrogen and oxygen atoms in total. The highest BCUT2D eigenvalue weighted by Crippen LogP contribution is 2.21. The Bertz CT molecular complexity index is 318. The van der Waals surface area contributed by atoms with Crippen LogP contribution in [0.25, 0.3) is 0 Å². The zero-order valence-corrected chi connectivity index (χ0v) is 9.23. The average Bonchev–Trinajstić information content (AvgIpc) is 2.09. The number of hydrogen-bond donors (Lipinski definition) is 0. The first kappa shape index (κ1) is 11.0. The molecule has 14 heavy (non-hydrogen) atoms. The topological polar surface area (TPSA) is 9.23 Å². The third-order valence-electron chi connectivity index (χ3n) is 2.12. The molecular weight excluding hydrogens is 179 g/mol. The summed E-state index contributed by atoms with van der Waals surface area (Å²) in [6.07, 6.45) is 0. The zero-order valence-electron chi connectivity index (χ0n) is 9.23. The van der Waals surface area contributed by atoms with E-state index in [9.17, 15) is 4.39 Å². The zero-order chi connectivity index (χ0) is 10.7. The van der Waals surface area contributed by atoms with E-state index in [0.29, 0.717) is 18.3 Å². The molecule has 0 heterocycles. The molecule has 1 aromatic rings. The molecule has 0 amide bonds. The van der Waals surface area contributed by atoms with Crippen molar-refractivity contribution in [2.45, 2.75) is 27.7 Å². The van der Waals surface area contributed by atoms with Gasteiger partial charge in [0.15, 0.2) is 11.6 Å². The van der Waals surface area contributed by atoms with Crippen LogP contribution in [0.3, 0.4) is 0 Å². The second kappa shape index (κ2) is 4.45. The molecule has 0 atom stereocenters. The fourth-order valence-corrected chi connectivity index (χ4v) is 1.12. The number of rotatable bonds is 3. The van der Waals surface area contributed by atoms with Gasteiger partial charge in [-0.15, -0.1) is 0 Å². The quantitative estimate of drug-likeness (QED) is 0.719. The Hall–Kier alpha value is -1.05. The van der Waals surface area contributed by atoms with Crippen molar-refractivity contribution in [2.75, 3.05) is 6.61 Å². The molecule has 0 radical (unpaired) electrons. The van der Waals surface area contributed by atoms with Crippen LogP contribution in [0.2, 0.25) is 0 Å². The fourth-order valence-electron chi connectivity index (χ4n) is 1.12. The van der Waals surface area contributed by atoms with Crippen molar-refractivity contribution in [3.63, 3.8) is 0 Å². The summed E-state index contributed by atoms with van der Waals surface area (Å²) in [5.41, 5.74) is 2.02. The minimum Gasteiger partial charge on any atom is -0.490 e. The van der Waals surface area contributed by atoms with Crippen molar-refractivity contribution in [1.29, 1.82) is 0 Å². The van der Waals surface area contributed by atoms with Gasteiger partial charge in [0, 0.05) is 0 Å². The van der Waals surface area contributed by atoms with Crippen molar-refractivity contribution < 1.29 is 9.13 Å². The van der Waals surface area contributed by atoms with Crippen molar-refractivity contribution >= 4 is 0 Å². The highest BCUT2D eigenvalue weighted by Gasteiger charge is 2.06. The molecule has 0 saturated carbocycles.